The largest absolute Gasteiger partial charge is 0.494 e. The number of carbonyl (C=O) groups is 1. The van der Waals surface area contributed by atoms with Gasteiger partial charge in [0.2, 0.25) is 0 Å². The minimum Gasteiger partial charge on any atom is -0.494 e. The molecule has 6 heteroatoms. The van der Waals surface area contributed by atoms with E-state index >= 15 is 0 Å². The minimum absolute atomic E-state index is 0.284. The Morgan fingerprint density at radius 1 is 0.825 bits per heavy atom. The van der Waals surface area contributed by atoms with E-state index in [1.807, 2.05) is 30.3 Å². The van der Waals surface area contributed by atoms with Crippen LogP contribution in [0.15, 0.2) is 72.3 Å². The van der Waals surface area contributed by atoms with Gasteiger partial charge >= 0.3 is 5.97 Å². The molecule has 0 aliphatic carbocycles. The third-order valence-electron chi connectivity index (χ3n) is 6.87. The van der Waals surface area contributed by atoms with Gasteiger partial charge in [0.05, 0.1) is 20.3 Å². The summed E-state index contributed by atoms with van der Waals surface area (Å²) in [6, 6.07) is 22.8. The summed E-state index contributed by atoms with van der Waals surface area (Å²) in [5.41, 5.74) is 6.08. The zero-order valence-electron chi connectivity index (χ0n) is 24.0. The van der Waals surface area contributed by atoms with Crippen LogP contribution in [0, 0.1) is 0 Å². The molecule has 0 aromatic heterocycles. The van der Waals surface area contributed by atoms with Gasteiger partial charge < -0.3 is 23.8 Å². The van der Waals surface area contributed by atoms with Crippen molar-refractivity contribution in [3.05, 3.63) is 83.4 Å². The monoisotopic (exact) mass is 543 g/mol. The van der Waals surface area contributed by atoms with E-state index in [-0.39, 0.29) is 5.97 Å². The van der Waals surface area contributed by atoms with Crippen LogP contribution in [0.4, 0.5) is 5.69 Å². The number of methoxy groups -OCH3 is 1. The lowest BCUT2D eigenvalue weighted by molar-refractivity contribution is -0.136. The Kier molecular flexibility index (Phi) is 11.1. The van der Waals surface area contributed by atoms with Gasteiger partial charge in [0, 0.05) is 31.0 Å². The second kappa shape index (κ2) is 15.1. The number of hydrogen-bond acceptors (Lipinski definition) is 6. The zero-order valence-corrected chi connectivity index (χ0v) is 24.0. The van der Waals surface area contributed by atoms with Crippen molar-refractivity contribution in [2.75, 3.05) is 45.0 Å². The summed E-state index contributed by atoms with van der Waals surface area (Å²) in [4.78, 5) is 14.9. The minimum atomic E-state index is -0.284. The van der Waals surface area contributed by atoms with E-state index < -0.39 is 0 Å². The first kappa shape index (κ1) is 29.2. The molecule has 0 spiro atoms. The average molecular weight is 544 g/mol. The molecule has 1 aliphatic rings. The number of rotatable bonds is 14. The molecule has 0 fully saturated rings. The molecule has 0 saturated carbocycles. The molecule has 0 N–H and O–H groups in total. The van der Waals surface area contributed by atoms with Crippen molar-refractivity contribution in [2.45, 2.75) is 46.1 Å². The Labute approximate surface area is 238 Å². The molecular formula is C34H41NO5. The SMILES string of the molecule is CCCCOCCOc1ccc(-c2ccc3c(c2)C=C(C(=O)OC)CCN3Cc2cccc(OCCC)c2)cc1. The number of carbonyl (C=O) groups excluding carboxylic acids is 1. The van der Waals surface area contributed by atoms with Crippen LogP contribution in [-0.2, 0) is 20.8 Å². The number of esters is 1. The molecule has 1 aliphatic heterocycles. The number of hydrogen-bond donors (Lipinski definition) is 0. The predicted molar refractivity (Wildman–Crippen MR) is 161 cm³/mol. The summed E-state index contributed by atoms with van der Waals surface area (Å²) in [5.74, 6) is 1.42. The highest BCUT2D eigenvalue weighted by atomic mass is 16.5. The van der Waals surface area contributed by atoms with Crippen LogP contribution in [0.1, 0.15) is 50.7 Å². The van der Waals surface area contributed by atoms with Gasteiger partial charge in [-0.2, -0.15) is 0 Å². The molecule has 0 saturated heterocycles. The standard InChI is InChI=1S/C34H41NO5/c1-4-6-19-38-20-21-40-31-13-10-27(11-14-31)28-12-15-33-30(23-28)24-29(34(36)37-3)16-17-35(33)25-26-8-7-9-32(22-26)39-18-5-2/h7-15,22-24H,4-6,16-21,25H2,1-3H3. The Balaban J connectivity index is 1.52. The number of anilines is 1. The van der Waals surface area contributed by atoms with Crippen LogP contribution in [0.3, 0.4) is 0 Å². The maximum atomic E-state index is 12.5. The molecule has 0 radical (unpaired) electrons. The van der Waals surface area contributed by atoms with Gasteiger partial charge in [-0.15, -0.1) is 0 Å². The van der Waals surface area contributed by atoms with Crippen molar-refractivity contribution < 1.29 is 23.7 Å². The third kappa shape index (κ3) is 8.12. The summed E-state index contributed by atoms with van der Waals surface area (Å²) in [6.07, 6.45) is 5.76. The van der Waals surface area contributed by atoms with Crippen LogP contribution >= 0.6 is 0 Å². The topological polar surface area (TPSA) is 57.2 Å². The van der Waals surface area contributed by atoms with Gasteiger partial charge in [0.1, 0.15) is 18.1 Å². The second-order valence-corrected chi connectivity index (χ2v) is 9.94. The number of nitrogens with zero attached hydrogens (tertiary/aromatic N) is 1. The van der Waals surface area contributed by atoms with Crippen molar-refractivity contribution in [3.63, 3.8) is 0 Å². The van der Waals surface area contributed by atoms with Crippen LogP contribution < -0.4 is 14.4 Å². The van der Waals surface area contributed by atoms with E-state index in [1.54, 1.807) is 0 Å². The summed E-state index contributed by atoms with van der Waals surface area (Å²) in [6.45, 7) is 8.28. The second-order valence-electron chi connectivity index (χ2n) is 9.94. The molecule has 1 heterocycles. The molecule has 6 nitrogen and oxygen atoms in total. The number of ether oxygens (including phenoxy) is 4. The molecule has 0 bridgehead atoms. The molecule has 0 unspecified atom stereocenters. The number of fused-ring (bicyclic) bond motifs is 1. The predicted octanol–water partition coefficient (Wildman–Crippen LogP) is 7.30. The summed E-state index contributed by atoms with van der Waals surface area (Å²) in [7, 11) is 1.44. The Bertz CT molecular complexity index is 1270. The summed E-state index contributed by atoms with van der Waals surface area (Å²) >= 11 is 0. The molecule has 4 rings (SSSR count). The lowest BCUT2D eigenvalue weighted by Gasteiger charge is -2.26. The van der Waals surface area contributed by atoms with E-state index in [0.29, 0.717) is 44.9 Å². The van der Waals surface area contributed by atoms with Crippen molar-refractivity contribution >= 4 is 17.7 Å². The van der Waals surface area contributed by atoms with Gasteiger partial charge in [-0.1, -0.05) is 50.6 Å². The highest BCUT2D eigenvalue weighted by molar-refractivity contribution is 5.96. The lowest BCUT2D eigenvalue weighted by atomic mass is 10.00. The fourth-order valence-corrected chi connectivity index (χ4v) is 4.71. The molecule has 212 valence electrons. The first-order valence-electron chi connectivity index (χ1n) is 14.3. The fraction of sp³-hybridized carbons (Fsp3) is 0.382. The summed E-state index contributed by atoms with van der Waals surface area (Å²) in [5, 5.41) is 0. The quantitative estimate of drug-likeness (QED) is 0.157. The van der Waals surface area contributed by atoms with E-state index in [1.165, 1.54) is 7.11 Å². The zero-order chi connectivity index (χ0) is 28.2. The van der Waals surface area contributed by atoms with E-state index in [9.17, 15) is 4.79 Å². The van der Waals surface area contributed by atoms with Crippen molar-refractivity contribution in [2.24, 2.45) is 0 Å². The normalized spacial score (nSPS) is 12.8. The van der Waals surface area contributed by atoms with E-state index in [2.05, 4.69) is 61.2 Å². The number of unbranched alkanes of at least 4 members (excludes halogenated alkanes) is 1. The first-order valence-corrected chi connectivity index (χ1v) is 14.3. The molecule has 40 heavy (non-hydrogen) atoms. The molecule has 3 aromatic rings. The number of benzene rings is 3. The molecular weight excluding hydrogens is 502 g/mol. The highest BCUT2D eigenvalue weighted by Crippen LogP contribution is 2.34. The molecule has 0 atom stereocenters. The van der Waals surface area contributed by atoms with Gasteiger partial charge in [-0.05, 0) is 84.0 Å². The van der Waals surface area contributed by atoms with Gasteiger partial charge in [-0.25, -0.2) is 4.79 Å². The van der Waals surface area contributed by atoms with E-state index in [0.717, 1.165) is 65.3 Å². The van der Waals surface area contributed by atoms with Crippen molar-refractivity contribution in [3.8, 4) is 22.6 Å². The third-order valence-corrected chi connectivity index (χ3v) is 6.87. The van der Waals surface area contributed by atoms with Crippen LogP contribution in [0.25, 0.3) is 17.2 Å². The Morgan fingerprint density at radius 3 is 2.40 bits per heavy atom. The first-order chi connectivity index (χ1) is 19.6. The van der Waals surface area contributed by atoms with Crippen LogP contribution in [-0.4, -0.2) is 46.1 Å². The maximum absolute atomic E-state index is 12.5. The average Bonchev–Trinajstić information content (AvgIpc) is 3.17. The Hall–Kier alpha value is -3.77. The van der Waals surface area contributed by atoms with Crippen molar-refractivity contribution in [1.29, 1.82) is 0 Å². The lowest BCUT2D eigenvalue weighted by Crippen LogP contribution is -2.24. The van der Waals surface area contributed by atoms with Crippen LogP contribution in [0.2, 0.25) is 0 Å². The maximum Gasteiger partial charge on any atom is 0.333 e. The highest BCUT2D eigenvalue weighted by Gasteiger charge is 2.21. The van der Waals surface area contributed by atoms with Crippen LogP contribution in [0.5, 0.6) is 11.5 Å². The van der Waals surface area contributed by atoms with E-state index in [4.69, 9.17) is 18.9 Å². The van der Waals surface area contributed by atoms with Crippen molar-refractivity contribution in [1.82, 2.24) is 0 Å². The van der Waals surface area contributed by atoms with Gasteiger partial charge in [-0.3, -0.25) is 0 Å². The van der Waals surface area contributed by atoms with Gasteiger partial charge in [0.15, 0.2) is 0 Å². The summed E-state index contributed by atoms with van der Waals surface area (Å²) < 4.78 is 22.4. The molecule has 3 aromatic carbocycles. The molecule has 0 amide bonds. The fourth-order valence-electron chi connectivity index (χ4n) is 4.71. The smallest absolute Gasteiger partial charge is 0.333 e. The van der Waals surface area contributed by atoms with Gasteiger partial charge in [0.25, 0.3) is 0 Å². The Morgan fingerprint density at radius 2 is 1.62 bits per heavy atom.